The van der Waals surface area contributed by atoms with Gasteiger partial charge in [0.1, 0.15) is 0 Å². The predicted octanol–water partition coefficient (Wildman–Crippen LogP) is -0.291. The Labute approximate surface area is 149 Å². The first-order valence-electron chi connectivity index (χ1n) is 9.06. The van der Waals surface area contributed by atoms with Crippen LogP contribution in [0, 0.1) is 0 Å². The number of hydrogen-bond donors (Lipinski definition) is 5. The van der Waals surface area contributed by atoms with Crippen LogP contribution in [0.15, 0.2) is 24.3 Å². The number of hydrogen-bond acceptors (Lipinski definition) is 6. The molecule has 7 heteroatoms. The maximum atomic E-state index is 10.9. The van der Waals surface area contributed by atoms with Crippen molar-refractivity contribution in [3.63, 3.8) is 0 Å². The Morgan fingerprint density at radius 1 is 0.560 bits per heavy atom. The van der Waals surface area contributed by atoms with Crippen molar-refractivity contribution in [1.29, 1.82) is 0 Å². The van der Waals surface area contributed by atoms with E-state index in [1.807, 2.05) is 0 Å². The lowest BCUT2D eigenvalue weighted by Crippen LogP contribution is -2.34. The summed E-state index contributed by atoms with van der Waals surface area (Å²) < 4.78 is 0. The minimum Gasteiger partial charge on any atom is -0.315 e. The van der Waals surface area contributed by atoms with Gasteiger partial charge in [-0.2, -0.15) is 0 Å². The molecule has 25 heavy (non-hydrogen) atoms. The van der Waals surface area contributed by atoms with Gasteiger partial charge in [-0.1, -0.05) is 12.1 Å². The first kappa shape index (κ1) is 19.5. The molecule has 0 bridgehead atoms. The van der Waals surface area contributed by atoms with Gasteiger partial charge in [0, 0.05) is 26.2 Å². The lowest BCUT2D eigenvalue weighted by Gasteiger charge is -2.10. The molecule has 0 aromatic heterocycles. The van der Waals surface area contributed by atoms with Crippen LogP contribution in [0.3, 0.4) is 0 Å². The molecule has 3 rings (SSSR count). The van der Waals surface area contributed by atoms with Crippen molar-refractivity contribution in [1.82, 2.24) is 26.6 Å². The lowest BCUT2D eigenvalue weighted by molar-refractivity contribution is 0.0879. The highest BCUT2D eigenvalue weighted by Gasteiger charge is 2.25. The zero-order chi connectivity index (χ0) is 17.7. The third-order valence-corrected chi connectivity index (χ3v) is 4.01. The smallest absolute Gasteiger partial charge is 0.258 e. The highest BCUT2D eigenvalue weighted by Crippen LogP contribution is 2.13. The van der Waals surface area contributed by atoms with Crippen LogP contribution in [0.5, 0.6) is 0 Å². The standard InChI is InChI=1S/C10H24N4.C8H5NO2/c1-3-11-7-9-13-5-2-6-14-10-8-12-4-1;10-7-5-3-1-2-4-6(5)8(11)9-7/h11-14H,1-10H2;1-4H,(H,9,10,11). The maximum Gasteiger partial charge on any atom is 0.258 e. The molecular formula is C18H29N5O2. The monoisotopic (exact) mass is 347 g/mol. The van der Waals surface area contributed by atoms with E-state index in [4.69, 9.17) is 0 Å². The van der Waals surface area contributed by atoms with Gasteiger partial charge in [0.15, 0.2) is 0 Å². The summed E-state index contributed by atoms with van der Waals surface area (Å²) in [4.78, 5) is 21.9. The third-order valence-electron chi connectivity index (χ3n) is 4.01. The normalized spacial score (nSPS) is 19.8. The summed E-state index contributed by atoms with van der Waals surface area (Å²) in [6.07, 6.45) is 2.44. The number of rotatable bonds is 0. The molecule has 0 saturated carbocycles. The number of amides is 2. The largest absolute Gasteiger partial charge is 0.315 e. The third kappa shape index (κ3) is 7.31. The predicted molar refractivity (Wildman–Crippen MR) is 99.0 cm³/mol. The van der Waals surface area contributed by atoms with Crippen LogP contribution < -0.4 is 26.6 Å². The average Bonchev–Trinajstić information content (AvgIpc) is 2.92. The second kappa shape index (κ2) is 11.7. The molecule has 2 aliphatic heterocycles. The SMILES string of the molecule is C1CNCCNCCCNCCNC1.O=C1NC(=O)c2ccccc21. The second-order valence-corrected chi connectivity index (χ2v) is 6.04. The minimum absolute atomic E-state index is 0.300. The van der Waals surface area contributed by atoms with Gasteiger partial charge in [0.2, 0.25) is 0 Å². The fourth-order valence-electron chi connectivity index (χ4n) is 2.65. The van der Waals surface area contributed by atoms with E-state index in [9.17, 15) is 9.59 Å². The summed E-state index contributed by atoms with van der Waals surface area (Å²) in [7, 11) is 0. The van der Waals surface area contributed by atoms with E-state index in [0.717, 1.165) is 52.4 Å². The van der Waals surface area contributed by atoms with Crippen LogP contribution in [-0.2, 0) is 0 Å². The van der Waals surface area contributed by atoms with Gasteiger partial charge >= 0.3 is 0 Å². The number of fused-ring (bicyclic) bond motifs is 1. The Hall–Kier alpha value is -1.80. The van der Waals surface area contributed by atoms with E-state index in [1.54, 1.807) is 24.3 Å². The van der Waals surface area contributed by atoms with Crippen LogP contribution in [0.2, 0.25) is 0 Å². The van der Waals surface area contributed by atoms with Crippen LogP contribution in [0.25, 0.3) is 0 Å². The summed E-state index contributed by atoms with van der Waals surface area (Å²) >= 11 is 0. The number of imide groups is 1. The van der Waals surface area contributed by atoms with E-state index in [0.29, 0.717) is 11.1 Å². The lowest BCUT2D eigenvalue weighted by atomic mass is 10.1. The van der Waals surface area contributed by atoms with E-state index in [-0.39, 0.29) is 11.8 Å². The molecular weight excluding hydrogens is 318 g/mol. The van der Waals surface area contributed by atoms with Crippen molar-refractivity contribution in [2.75, 3.05) is 52.4 Å². The van der Waals surface area contributed by atoms with Crippen molar-refractivity contribution in [2.45, 2.75) is 12.8 Å². The van der Waals surface area contributed by atoms with Crippen LogP contribution >= 0.6 is 0 Å². The van der Waals surface area contributed by atoms with Crippen molar-refractivity contribution in [3.05, 3.63) is 35.4 Å². The van der Waals surface area contributed by atoms with Gasteiger partial charge in [0.25, 0.3) is 11.8 Å². The number of benzene rings is 1. The van der Waals surface area contributed by atoms with Crippen LogP contribution in [0.4, 0.5) is 0 Å². The zero-order valence-electron chi connectivity index (χ0n) is 14.7. The summed E-state index contributed by atoms with van der Waals surface area (Å²) in [6, 6.07) is 6.74. The molecule has 1 fully saturated rings. The Morgan fingerprint density at radius 2 is 0.920 bits per heavy atom. The molecule has 138 valence electrons. The van der Waals surface area contributed by atoms with Crippen molar-refractivity contribution < 1.29 is 9.59 Å². The number of carbonyl (C=O) groups excluding carboxylic acids is 2. The second-order valence-electron chi connectivity index (χ2n) is 6.04. The first-order chi connectivity index (χ1) is 12.3. The van der Waals surface area contributed by atoms with Crippen LogP contribution in [0.1, 0.15) is 33.6 Å². The van der Waals surface area contributed by atoms with Gasteiger partial charge in [-0.15, -0.1) is 0 Å². The molecule has 2 heterocycles. The molecule has 1 aromatic carbocycles. The van der Waals surface area contributed by atoms with Crippen molar-refractivity contribution in [3.8, 4) is 0 Å². The first-order valence-corrected chi connectivity index (χ1v) is 9.06. The Morgan fingerprint density at radius 3 is 1.28 bits per heavy atom. The van der Waals surface area contributed by atoms with Gasteiger partial charge in [-0.3, -0.25) is 14.9 Å². The molecule has 0 aliphatic carbocycles. The maximum absolute atomic E-state index is 10.9. The Kier molecular flexibility index (Phi) is 9.14. The summed E-state index contributed by atoms with van der Waals surface area (Å²) in [5.41, 5.74) is 0.940. The average molecular weight is 347 g/mol. The highest BCUT2D eigenvalue weighted by molar-refractivity contribution is 6.21. The van der Waals surface area contributed by atoms with Crippen molar-refractivity contribution in [2.24, 2.45) is 0 Å². The molecule has 5 N–H and O–H groups in total. The van der Waals surface area contributed by atoms with E-state index < -0.39 is 0 Å². The fraction of sp³-hybridized carbons (Fsp3) is 0.556. The minimum atomic E-state index is -0.300. The highest BCUT2D eigenvalue weighted by atomic mass is 16.2. The summed E-state index contributed by atoms with van der Waals surface area (Å²) in [5.74, 6) is -0.601. The molecule has 0 unspecified atom stereocenters. The van der Waals surface area contributed by atoms with Gasteiger partial charge in [-0.25, -0.2) is 0 Å². The Bertz CT molecular complexity index is 464. The molecule has 0 spiro atoms. The number of carbonyl (C=O) groups is 2. The van der Waals surface area contributed by atoms with Crippen LogP contribution in [-0.4, -0.2) is 64.2 Å². The van der Waals surface area contributed by atoms with E-state index in [1.165, 1.54) is 12.8 Å². The molecule has 0 atom stereocenters. The summed E-state index contributed by atoms with van der Waals surface area (Å²) in [6.45, 7) is 8.87. The molecule has 2 aliphatic rings. The van der Waals surface area contributed by atoms with Crippen molar-refractivity contribution >= 4 is 11.8 Å². The fourth-order valence-corrected chi connectivity index (χ4v) is 2.65. The van der Waals surface area contributed by atoms with Gasteiger partial charge in [-0.05, 0) is 51.2 Å². The molecule has 1 saturated heterocycles. The molecule has 1 aromatic rings. The van der Waals surface area contributed by atoms with E-state index >= 15 is 0 Å². The number of nitrogens with one attached hydrogen (secondary N) is 5. The van der Waals surface area contributed by atoms with E-state index in [2.05, 4.69) is 26.6 Å². The Balaban J connectivity index is 0.000000185. The quantitative estimate of drug-likeness (QED) is 0.414. The summed E-state index contributed by atoms with van der Waals surface area (Å²) in [5, 5.41) is 15.9. The van der Waals surface area contributed by atoms with Gasteiger partial charge in [0.05, 0.1) is 11.1 Å². The zero-order valence-corrected chi connectivity index (χ0v) is 14.7. The van der Waals surface area contributed by atoms with Gasteiger partial charge < -0.3 is 21.3 Å². The molecule has 7 nitrogen and oxygen atoms in total. The molecule has 2 amide bonds. The molecule has 0 radical (unpaired) electrons. The topological polar surface area (TPSA) is 94.3 Å².